The molecule has 0 aliphatic rings. The minimum absolute atomic E-state index is 0.203. The van der Waals surface area contributed by atoms with Gasteiger partial charge >= 0.3 is 5.97 Å². The summed E-state index contributed by atoms with van der Waals surface area (Å²) in [5.41, 5.74) is 1.71. The zero-order chi connectivity index (χ0) is 14.9. The number of benzene rings is 2. The molecule has 0 heterocycles. The van der Waals surface area contributed by atoms with Crippen molar-refractivity contribution in [2.75, 3.05) is 0 Å². The smallest absolute Gasteiger partial charge is 0.307 e. The minimum atomic E-state index is -0.976. The Morgan fingerprint density at radius 1 is 0.900 bits per heavy atom. The summed E-state index contributed by atoms with van der Waals surface area (Å²) in [6.07, 6.45) is -0.203. The molecule has 0 aliphatic carbocycles. The molecule has 0 amide bonds. The lowest BCUT2D eigenvalue weighted by molar-refractivity contribution is -0.136. The molecule has 0 fully saturated rings. The zero-order valence-electron chi connectivity index (χ0n) is 9.96. The number of halogens is 4. The molecular formula is C14H8Cl4O2. The standard InChI is InChI=1S/C14H8Cl4O2/c15-10-3-1-2-7(9(10)5-14(19)20)8-4-12(17)13(18)6-11(8)16/h1-4,6H,5H2,(H,19,20). The van der Waals surface area contributed by atoms with Gasteiger partial charge in [-0.3, -0.25) is 4.79 Å². The lowest BCUT2D eigenvalue weighted by Crippen LogP contribution is -2.03. The van der Waals surface area contributed by atoms with Gasteiger partial charge in [-0.05, 0) is 29.3 Å². The molecule has 2 aromatic carbocycles. The Hall–Kier alpha value is -0.930. The van der Waals surface area contributed by atoms with Crippen LogP contribution in [0.4, 0.5) is 0 Å². The lowest BCUT2D eigenvalue weighted by atomic mass is 9.97. The van der Waals surface area contributed by atoms with Gasteiger partial charge in [-0.2, -0.15) is 0 Å². The van der Waals surface area contributed by atoms with Crippen molar-refractivity contribution >= 4 is 52.4 Å². The Balaban J connectivity index is 2.66. The molecule has 2 nitrogen and oxygen atoms in total. The molecule has 2 rings (SSSR count). The van der Waals surface area contributed by atoms with Crippen LogP contribution in [0, 0.1) is 0 Å². The molecule has 20 heavy (non-hydrogen) atoms. The second kappa shape index (κ2) is 6.23. The van der Waals surface area contributed by atoms with E-state index in [9.17, 15) is 4.79 Å². The van der Waals surface area contributed by atoms with E-state index < -0.39 is 5.97 Å². The molecule has 0 spiro atoms. The van der Waals surface area contributed by atoms with Crippen molar-refractivity contribution in [1.82, 2.24) is 0 Å². The maximum atomic E-state index is 11.0. The largest absolute Gasteiger partial charge is 0.481 e. The predicted molar refractivity (Wildman–Crippen MR) is 83.3 cm³/mol. The van der Waals surface area contributed by atoms with Crippen LogP contribution in [0.5, 0.6) is 0 Å². The molecule has 0 unspecified atom stereocenters. The van der Waals surface area contributed by atoms with Crippen LogP contribution in [0.1, 0.15) is 5.56 Å². The molecule has 6 heteroatoms. The van der Waals surface area contributed by atoms with Gasteiger partial charge in [0, 0.05) is 15.6 Å². The fourth-order valence-electron chi connectivity index (χ4n) is 1.87. The van der Waals surface area contributed by atoms with Crippen molar-refractivity contribution in [3.63, 3.8) is 0 Å². The first-order valence-corrected chi connectivity index (χ1v) is 7.05. The highest BCUT2D eigenvalue weighted by Crippen LogP contribution is 2.38. The highest BCUT2D eigenvalue weighted by molar-refractivity contribution is 6.44. The van der Waals surface area contributed by atoms with Crippen LogP contribution in [-0.2, 0) is 11.2 Å². The highest BCUT2D eigenvalue weighted by atomic mass is 35.5. The number of hydrogen-bond acceptors (Lipinski definition) is 1. The monoisotopic (exact) mass is 348 g/mol. The Bertz CT molecular complexity index is 683. The first-order valence-electron chi connectivity index (χ1n) is 5.54. The van der Waals surface area contributed by atoms with Gasteiger partial charge in [0.1, 0.15) is 0 Å². The summed E-state index contributed by atoms with van der Waals surface area (Å²) < 4.78 is 0. The Morgan fingerprint density at radius 3 is 2.20 bits per heavy atom. The lowest BCUT2D eigenvalue weighted by Gasteiger charge is -2.12. The average Bonchev–Trinajstić information content (AvgIpc) is 2.36. The molecule has 1 N–H and O–H groups in total. The van der Waals surface area contributed by atoms with Gasteiger partial charge in [0.2, 0.25) is 0 Å². The van der Waals surface area contributed by atoms with Crippen molar-refractivity contribution in [2.45, 2.75) is 6.42 Å². The van der Waals surface area contributed by atoms with Crippen LogP contribution in [0.15, 0.2) is 30.3 Å². The van der Waals surface area contributed by atoms with E-state index >= 15 is 0 Å². The summed E-state index contributed by atoms with van der Waals surface area (Å²) >= 11 is 24.1. The van der Waals surface area contributed by atoms with Gasteiger partial charge in [-0.25, -0.2) is 0 Å². The third kappa shape index (κ3) is 3.21. The number of hydrogen-bond donors (Lipinski definition) is 1. The van der Waals surface area contributed by atoms with Crippen molar-refractivity contribution in [3.8, 4) is 11.1 Å². The summed E-state index contributed by atoms with van der Waals surface area (Å²) in [6.45, 7) is 0. The van der Waals surface area contributed by atoms with Crippen LogP contribution in [0.3, 0.4) is 0 Å². The average molecular weight is 350 g/mol. The summed E-state index contributed by atoms with van der Waals surface area (Å²) in [5, 5.41) is 10.4. The second-order valence-electron chi connectivity index (χ2n) is 4.08. The number of carboxylic acids is 1. The van der Waals surface area contributed by atoms with Crippen LogP contribution in [0.25, 0.3) is 11.1 Å². The van der Waals surface area contributed by atoms with Crippen LogP contribution in [-0.4, -0.2) is 11.1 Å². The van der Waals surface area contributed by atoms with Gasteiger partial charge in [-0.1, -0.05) is 58.5 Å². The Kier molecular flexibility index (Phi) is 4.82. The maximum Gasteiger partial charge on any atom is 0.307 e. The van der Waals surface area contributed by atoms with Crippen LogP contribution >= 0.6 is 46.4 Å². The quantitative estimate of drug-likeness (QED) is 0.733. The predicted octanol–water partition coefficient (Wildman–Crippen LogP) is 5.59. The van der Waals surface area contributed by atoms with E-state index in [4.69, 9.17) is 51.5 Å². The minimum Gasteiger partial charge on any atom is -0.481 e. The van der Waals surface area contributed by atoms with E-state index in [1.54, 1.807) is 24.3 Å². The Labute approximate surface area is 135 Å². The highest BCUT2D eigenvalue weighted by Gasteiger charge is 2.16. The van der Waals surface area contributed by atoms with Crippen molar-refractivity contribution in [3.05, 3.63) is 56.0 Å². The molecule has 0 radical (unpaired) electrons. The van der Waals surface area contributed by atoms with E-state index in [0.717, 1.165) is 0 Å². The molecule has 104 valence electrons. The summed E-state index contributed by atoms with van der Waals surface area (Å²) in [6, 6.07) is 8.22. The van der Waals surface area contributed by atoms with Gasteiger partial charge in [-0.15, -0.1) is 0 Å². The van der Waals surface area contributed by atoms with E-state index in [1.807, 2.05) is 0 Å². The zero-order valence-corrected chi connectivity index (χ0v) is 13.0. The number of carbonyl (C=O) groups is 1. The van der Waals surface area contributed by atoms with E-state index in [1.165, 1.54) is 6.07 Å². The second-order valence-corrected chi connectivity index (χ2v) is 5.71. The molecule has 0 aliphatic heterocycles. The van der Waals surface area contributed by atoms with E-state index in [0.29, 0.717) is 36.8 Å². The van der Waals surface area contributed by atoms with E-state index in [-0.39, 0.29) is 6.42 Å². The van der Waals surface area contributed by atoms with Gasteiger partial charge in [0.25, 0.3) is 0 Å². The first kappa shape index (κ1) is 15.5. The molecule has 0 atom stereocenters. The van der Waals surface area contributed by atoms with Gasteiger partial charge < -0.3 is 5.11 Å². The normalized spacial score (nSPS) is 10.6. The van der Waals surface area contributed by atoms with Crippen molar-refractivity contribution in [2.24, 2.45) is 0 Å². The molecule has 0 bridgehead atoms. The molecule has 0 saturated carbocycles. The number of aliphatic carboxylic acids is 1. The third-order valence-electron chi connectivity index (χ3n) is 2.75. The number of rotatable bonds is 3. The first-order chi connectivity index (χ1) is 9.40. The molecule has 0 saturated heterocycles. The maximum absolute atomic E-state index is 11.0. The van der Waals surface area contributed by atoms with Crippen molar-refractivity contribution < 1.29 is 9.90 Å². The van der Waals surface area contributed by atoms with Crippen molar-refractivity contribution in [1.29, 1.82) is 0 Å². The van der Waals surface area contributed by atoms with Gasteiger partial charge in [0.15, 0.2) is 0 Å². The summed E-state index contributed by atoms with van der Waals surface area (Å²) in [5.74, 6) is -0.976. The number of carboxylic acid groups (broad SMARTS) is 1. The SMILES string of the molecule is O=C(O)Cc1c(Cl)cccc1-c1cc(Cl)c(Cl)cc1Cl. The fourth-order valence-corrected chi connectivity index (χ4v) is 2.76. The Morgan fingerprint density at radius 2 is 1.55 bits per heavy atom. The molecule has 0 aromatic heterocycles. The molecular weight excluding hydrogens is 342 g/mol. The van der Waals surface area contributed by atoms with E-state index in [2.05, 4.69) is 0 Å². The molecule has 2 aromatic rings. The van der Waals surface area contributed by atoms with Crippen LogP contribution in [0.2, 0.25) is 20.1 Å². The summed E-state index contributed by atoms with van der Waals surface area (Å²) in [7, 11) is 0. The van der Waals surface area contributed by atoms with Gasteiger partial charge in [0.05, 0.1) is 16.5 Å². The third-order valence-corrected chi connectivity index (χ3v) is 4.14. The summed E-state index contributed by atoms with van der Waals surface area (Å²) in [4.78, 5) is 11.0. The van der Waals surface area contributed by atoms with Crippen LogP contribution < -0.4 is 0 Å². The topological polar surface area (TPSA) is 37.3 Å². The fraction of sp³-hybridized carbons (Fsp3) is 0.0714.